The van der Waals surface area contributed by atoms with Crippen molar-refractivity contribution in [1.82, 2.24) is 19.7 Å². The highest BCUT2D eigenvalue weighted by Crippen LogP contribution is 2.22. The summed E-state index contributed by atoms with van der Waals surface area (Å²) in [5, 5.41) is 8.03. The third-order valence-electron chi connectivity index (χ3n) is 4.52. The van der Waals surface area contributed by atoms with Gasteiger partial charge in [-0.2, -0.15) is 10.1 Å². The Kier molecular flexibility index (Phi) is 5.58. The van der Waals surface area contributed by atoms with E-state index in [9.17, 15) is 8.42 Å². The van der Waals surface area contributed by atoms with Crippen LogP contribution in [-0.4, -0.2) is 41.0 Å². The van der Waals surface area contributed by atoms with Crippen LogP contribution in [-0.2, 0) is 16.3 Å². The van der Waals surface area contributed by atoms with Crippen molar-refractivity contribution in [2.45, 2.75) is 11.6 Å². The van der Waals surface area contributed by atoms with Crippen LogP contribution < -0.4 is 5.32 Å². The molecule has 0 atom stereocenters. The molecular formula is C22H21N5O2S. The summed E-state index contributed by atoms with van der Waals surface area (Å²) < 4.78 is 25.8. The number of aromatic nitrogens is 4. The number of hydrogen-bond donors (Lipinski definition) is 1. The highest BCUT2D eigenvalue weighted by molar-refractivity contribution is 7.90. The fourth-order valence-corrected chi connectivity index (χ4v) is 3.52. The lowest BCUT2D eigenvalue weighted by Crippen LogP contribution is -2.11. The Morgan fingerprint density at radius 2 is 1.70 bits per heavy atom. The summed E-state index contributed by atoms with van der Waals surface area (Å²) in [6, 6.07) is 19.8. The van der Waals surface area contributed by atoms with Gasteiger partial charge in [0.2, 0.25) is 9.84 Å². The lowest BCUT2D eigenvalue weighted by molar-refractivity contribution is 0.593. The van der Waals surface area contributed by atoms with Crippen LogP contribution in [0.4, 0.5) is 5.82 Å². The second-order valence-electron chi connectivity index (χ2n) is 6.84. The first-order valence-corrected chi connectivity index (χ1v) is 11.4. The maximum atomic E-state index is 12.1. The van der Waals surface area contributed by atoms with E-state index in [0.717, 1.165) is 18.2 Å². The summed E-state index contributed by atoms with van der Waals surface area (Å²) >= 11 is 0. The number of nitrogens with zero attached hydrogens (tertiary/aromatic N) is 4. The van der Waals surface area contributed by atoms with Gasteiger partial charge >= 0.3 is 0 Å². The van der Waals surface area contributed by atoms with E-state index in [0.29, 0.717) is 23.4 Å². The Labute approximate surface area is 175 Å². The minimum atomic E-state index is -3.58. The number of sulfone groups is 1. The summed E-state index contributed by atoms with van der Waals surface area (Å²) in [4.78, 5) is 8.50. The highest BCUT2D eigenvalue weighted by atomic mass is 32.2. The molecule has 1 N–H and O–H groups in total. The zero-order chi connectivity index (χ0) is 21.0. The van der Waals surface area contributed by atoms with Crippen LogP contribution in [0, 0.1) is 0 Å². The molecule has 7 nitrogen and oxygen atoms in total. The van der Waals surface area contributed by atoms with Crippen LogP contribution in [0.3, 0.4) is 0 Å². The fraction of sp³-hybridized carbons (Fsp3) is 0.136. The van der Waals surface area contributed by atoms with E-state index in [1.54, 1.807) is 17.1 Å². The first-order chi connectivity index (χ1) is 14.5. The first-order valence-electron chi connectivity index (χ1n) is 9.47. The monoisotopic (exact) mass is 419 g/mol. The van der Waals surface area contributed by atoms with Gasteiger partial charge in [-0.15, -0.1) is 0 Å². The predicted molar refractivity (Wildman–Crippen MR) is 119 cm³/mol. The molecule has 0 unspecified atom stereocenters. The molecule has 0 amide bonds. The summed E-state index contributed by atoms with van der Waals surface area (Å²) in [5.41, 5.74) is 2.61. The lowest BCUT2D eigenvalue weighted by Gasteiger charge is -2.08. The Morgan fingerprint density at radius 1 is 1.00 bits per heavy atom. The lowest BCUT2D eigenvalue weighted by atomic mass is 10.1. The second kappa shape index (κ2) is 8.46. The minimum Gasteiger partial charge on any atom is -0.369 e. The molecule has 0 aliphatic rings. The van der Waals surface area contributed by atoms with E-state index in [2.05, 4.69) is 20.4 Å². The van der Waals surface area contributed by atoms with Gasteiger partial charge in [-0.05, 0) is 23.6 Å². The standard InChI is InChI=1S/C22H21N5O2S/c1-30(28,29)22-25-20(23-14-12-17-8-4-2-5-9-17)19-16-24-27(21(19)26-22)15-13-18-10-6-3-7-11-18/h2-11,13,15-16H,12,14H2,1H3,(H,23,25,26)/b15-13-. The molecule has 152 valence electrons. The molecule has 0 fully saturated rings. The fourth-order valence-electron chi connectivity index (χ4n) is 3.01. The number of fused-ring (bicyclic) bond motifs is 1. The normalized spacial score (nSPS) is 11.9. The second-order valence-corrected chi connectivity index (χ2v) is 8.75. The third kappa shape index (κ3) is 4.55. The molecular weight excluding hydrogens is 398 g/mol. The van der Waals surface area contributed by atoms with Crippen LogP contribution in [0.15, 0.2) is 72.0 Å². The van der Waals surface area contributed by atoms with Crippen molar-refractivity contribution in [3.05, 3.63) is 78.0 Å². The molecule has 0 spiro atoms. The smallest absolute Gasteiger partial charge is 0.250 e. The molecule has 0 bridgehead atoms. The van der Waals surface area contributed by atoms with Gasteiger partial charge in [-0.1, -0.05) is 60.7 Å². The van der Waals surface area contributed by atoms with Gasteiger partial charge in [0, 0.05) is 19.0 Å². The van der Waals surface area contributed by atoms with Gasteiger partial charge in [-0.3, -0.25) is 0 Å². The van der Waals surface area contributed by atoms with E-state index in [1.807, 2.05) is 66.7 Å². The molecule has 0 aliphatic carbocycles. The number of rotatable bonds is 7. The van der Waals surface area contributed by atoms with Crippen molar-refractivity contribution in [2.24, 2.45) is 0 Å². The Balaban J connectivity index is 1.67. The quantitative estimate of drug-likeness (QED) is 0.461. The van der Waals surface area contributed by atoms with Crippen molar-refractivity contribution in [1.29, 1.82) is 0 Å². The van der Waals surface area contributed by atoms with Crippen molar-refractivity contribution < 1.29 is 8.42 Å². The van der Waals surface area contributed by atoms with E-state index < -0.39 is 9.84 Å². The molecule has 8 heteroatoms. The molecule has 2 heterocycles. The molecule has 0 saturated heterocycles. The molecule has 30 heavy (non-hydrogen) atoms. The van der Waals surface area contributed by atoms with Crippen LogP contribution >= 0.6 is 0 Å². The number of hydrogen-bond acceptors (Lipinski definition) is 6. The summed E-state index contributed by atoms with van der Waals surface area (Å²) in [5.74, 6) is 0.454. The number of benzene rings is 2. The third-order valence-corrected chi connectivity index (χ3v) is 5.37. The van der Waals surface area contributed by atoms with E-state index >= 15 is 0 Å². The Bertz CT molecular complexity index is 1280. The maximum Gasteiger partial charge on any atom is 0.250 e. The summed E-state index contributed by atoms with van der Waals surface area (Å²) in [6.07, 6.45) is 7.16. The van der Waals surface area contributed by atoms with Gasteiger partial charge in [0.1, 0.15) is 5.82 Å². The number of anilines is 1. The zero-order valence-corrected chi connectivity index (χ0v) is 17.2. The van der Waals surface area contributed by atoms with Crippen molar-refractivity contribution >= 4 is 39.0 Å². The molecule has 0 saturated carbocycles. The van der Waals surface area contributed by atoms with Gasteiger partial charge < -0.3 is 5.32 Å². The predicted octanol–water partition coefficient (Wildman–Crippen LogP) is 3.51. The van der Waals surface area contributed by atoms with Crippen molar-refractivity contribution in [3.63, 3.8) is 0 Å². The molecule has 0 radical (unpaired) electrons. The van der Waals surface area contributed by atoms with Crippen LogP contribution in [0.5, 0.6) is 0 Å². The van der Waals surface area contributed by atoms with E-state index in [1.165, 1.54) is 5.56 Å². The van der Waals surface area contributed by atoms with Crippen molar-refractivity contribution in [2.75, 3.05) is 18.1 Å². The highest BCUT2D eigenvalue weighted by Gasteiger charge is 2.18. The van der Waals surface area contributed by atoms with Gasteiger partial charge in [0.25, 0.3) is 5.16 Å². The summed E-state index contributed by atoms with van der Waals surface area (Å²) in [6.45, 7) is 0.602. The minimum absolute atomic E-state index is 0.230. The van der Waals surface area contributed by atoms with Gasteiger partial charge in [-0.25, -0.2) is 18.1 Å². The van der Waals surface area contributed by atoms with E-state index in [-0.39, 0.29) is 5.16 Å². The maximum absolute atomic E-state index is 12.1. The largest absolute Gasteiger partial charge is 0.369 e. The molecule has 4 aromatic rings. The van der Waals surface area contributed by atoms with Crippen molar-refractivity contribution in [3.8, 4) is 0 Å². The average Bonchev–Trinajstić information content (AvgIpc) is 3.16. The van der Waals surface area contributed by atoms with Crippen LogP contribution in [0.2, 0.25) is 0 Å². The summed E-state index contributed by atoms with van der Waals surface area (Å²) in [7, 11) is -3.58. The molecule has 4 rings (SSSR count). The molecule has 0 aliphatic heterocycles. The topological polar surface area (TPSA) is 89.8 Å². The molecule has 2 aromatic heterocycles. The zero-order valence-electron chi connectivity index (χ0n) is 16.4. The average molecular weight is 420 g/mol. The molecule has 2 aromatic carbocycles. The van der Waals surface area contributed by atoms with Gasteiger partial charge in [0.15, 0.2) is 5.65 Å². The number of nitrogens with one attached hydrogen (secondary N) is 1. The van der Waals surface area contributed by atoms with Crippen LogP contribution in [0.1, 0.15) is 11.1 Å². The Hall–Kier alpha value is -3.52. The van der Waals surface area contributed by atoms with E-state index in [4.69, 9.17) is 0 Å². The Morgan fingerprint density at radius 3 is 2.40 bits per heavy atom. The first kappa shape index (κ1) is 19.8. The SMILES string of the molecule is CS(=O)(=O)c1nc(NCCc2ccccc2)c2cnn(/C=C\c3ccccc3)c2n1. The van der Waals surface area contributed by atoms with Crippen LogP contribution in [0.25, 0.3) is 23.3 Å². The van der Waals surface area contributed by atoms with Gasteiger partial charge in [0.05, 0.1) is 11.6 Å².